The van der Waals surface area contributed by atoms with E-state index in [1.54, 1.807) is 6.92 Å². The molecule has 0 amide bonds. The third kappa shape index (κ3) is 2.26. The summed E-state index contributed by atoms with van der Waals surface area (Å²) in [6.07, 6.45) is 6.87. The van der Waals surface area contributed by atoms with Gasteiger partial charge in [-0.2, -0.15) is 0 Å². The lowest BCUT2D eigenvalue weighted by atomic mass is 9.47. The average Bonchev–Trinajstić information content (AvgIpc) is 3.35. The largest absolute Gasteiger partial charge is 0.451 e. The molecular formula is C24H34O4. The number of hydrogen-bond donors (Lipinski definition) is 0. The fraction of sp³-hybridized carbons (Fsp3) is 0.875. The van der Waals surface area contributed by atoms with Gasteiger partial charge in [-0.15, -0.1) is 0 Å². The molecule has 0 saturated heterocycles. The van der Waals surface area contributed by atoms with Crippen LogP contribution in [0.2, 0.25) is 0 Å². The quantitative estimate of drug-likeness (QED) is 0.667. The zero-order valence-electron chi connectivity index (χ0n) is 17.7. The predicted octanol–water partition coefficient (Wildman–Crippen LogP) is 4.20. The standard InChI is InChI=1S/C24H34O4/c1-12-9-17-15(22-16(12)11-21(27)18-10-19(18)22)5-7-23(4)20(17)6-8-24(23,13(2)25)28-14(3)26/h12,15-20,22H,5-11H2,1-4H3/t12-,15-,16-,17+,18-,19+,20-,22+,23-,24-/m0/s1. The normalized spacial score (nSPS) is 54.1. The molecule has 0 spiro atoms. The summed E-state index contributed by atoms with van der Waals surface area (Å²) < 4.78 is 5.86. The highest BCUT2D eigenvalue weighted by Crippen LogP contribution is 2.70. The Morgan fingerprint density at radius 1 is 1.00 bits per heavy atom. The molecule has 0 N–H and O–H groups in total. The summed E-state index contributed by atoms with van der Waals surface area (Å²) in [6, 6.07) is 0. The van der Waals surface area contributed by atoms with Crippen LogP contribution < -0.4 is 0 Å². The number of carbonyl (C=O) groups excluding carboxylic acids is 3. The van der Waals surface area contributed by atoms with E-state index in [2.05, 4.69) is 13.8 Å². The van der Waals surface area contributed by atoms with Gasteiger partial charge >= 0.3 is 5.97 Å². The molecule has 0 aliphatic heterocycles. The molecule has 0 heterocycles. The van der Waals surface area contributed by atoms with E-state index in [0.29, 0.717) is 59.5 Å². The number of rotatable bonds is 2. The number of esters is 1. The molecule has 5 rings (SSSR count). The molecule has 28 heavy (non-hydrogen) atoms. The fourth-order valence-corrected chi connectivity index (χ4v) is 8.86. The molecule has 5 aliphatic rings. The van der Waals surface area contributed by atoms with Crippen molar-refractivity contribution in [3.05, 3.63) is 0 Å². The smallest absolute Gasteiger partial charge is 0.303 e. The number of carbonyl (C=O) groups is 3. The van der Waals surface area contributed by atoms with Crippen LogP contribution in [0.25, 0.3) is 0 Å². The lowest BCUT2D eigenvalue weighted by Crippen LogP contribution is -2.58. The summed E-state index contributed by atoms with van der Waals surface area (Å²) in [6.45, 7) is 7.64. The first kappa shape index (κ1) is 18.8. The number of Topliss-reactive ketones (excluding diaryl/α,β-unsaturated/α-hetero) is 2. The van der Waals surface area contributed by atoms with Crippen LogP contribution in [0.3, 0.4) is 0 Å². The summed E-state index contributed by atoms with van der Waals surface area (Å²) in [5.41, 5.74) is -1.18. The van der Waals surface area contributed by atoms with Gasteiger partial charge in [0.1, 0.15) is 5.78 Å². The maximum Gasteiger partial charge on any atom is 0.303 e. The Kier molecular flexibility index (Phi) is 3.98. The molecule has 0 aromatic carbocycles. The van der Waals surface area contributed by atoms with Crippen molar-refractivity contribution in [3.63, 3.8) is 0 Å². The van der Waals surface area contributed by atoms with Crippen molar-refractivity contribution in [1.29, 1.82) is 0 Å². The van der Waals surface area contributed by atoms with Gasteiger partial charge in [-0.3, -0.25) is 14.4 Å². The van der Waals surface area contributed by atoms with E-state index in [-0.39, 0.29) is 17.2 Å². The Morgan fingerprint density at radius 3 is 2.43 bits per heavy atom. The molecule has 0 unspecified atom stereocenters. The first-order valence-corrected chi connectivity index (χ1v) is 11.4. The molecule has 4 nitrogen and oxygen atoms in total. The van der Waals surface area contributed by atoms with Crippen molar-refractivity contribution < 1.29 is 19.1 Å². The summed E-state index contributed by atoms with van der Waals surface area (Å²) >= 11 is 0. The average molecular weight is 387 g/mol. The zero-order chi connectivity index (χ0) is 20.0. The van der Waals surface area contributed by atoms with Crippen molar-refractivity contribution in [1.82, 2.24) is 0 Å². The molecule has 10 atom stereocenters. The van der Waals surface area contributed by atoms with Gasteiger partial charge < -0.3 is 4.74 Å². The van der Waals surface area contributed by atoms with Crippen LogP contribution in [0.4, 0.5) is 0 Å². The molecule has 0 radical (unpaired) electrons. The minimum Gasteiger partial charge on any atom is -0.451 e. The minimum atomic E-state index is -0.931. The van der Waals surface area contributed by atoms with Crippen LogP contribution in [0.1, 0.15) is 72.6 Å². The lowest BCUT2D eigenvalue weighted by Gasteiger charge is -2.58. The van der Waals surface area contributed by atoms with E-state index in [9.17, 15) is 14.4 Å². The second-order valence-corrected chi connectivity index (χ2v) is 11.0. The van der Waals surface area contributed by atoms with Crippen LogP contribution in [-0.2, 0) is 19.1 Å². The third-order valence-electron chi connectivity index (χ3n) is 10.0. The summed E-state index contributed by atoms with van der Waals surface area (Å²) in [4.78, 5) is 37.1. The van der Waals surface area contributed by atoms with Crippen LogP contribution in [-0.4, -0.2) is 23.1 Å². The van der Waals surface area contributed by atoms with Crippen molar-refractivity contribution >= 4 is 17.5 Å². The topological polar surface area (TPSA) is 60.4 Å². The molecule has 0 aromatic rings. The maximum atomic E-state index is 12.8. The molecular weight excluding hydrogens is 352 g/mol. The van der Waals surface area contributed by atoms with E-state index >= 15 is 0 Å². The van der Waals surface area contributed by atoms with Gasteiger partial charge in [0.15, 0.2) is 11.4 Å². The van der Waals surface area contributed by atoms with Crippen molar-refractivity contribution in [2.45, 2.75) is 78.2 Å². The Morgan fingerprint density at radius 2 is 1.75 bits per heavy atom. The highest BCUT2D eigenvalue weighted by Gasteiger charge is 2.69. The van der Waals surface area contributed by atoms with Crippen molar-refractivity contribution in [2.75, 3.05) is 0 Å². The van der Waals surface area contributed by atoms with Crippen LogP contribution in [0, 0.1) is 52.8 Å². The van der Waals surface area contributed by atoms with Crippen LogP contribution in [0.15, 0.2) is 0 Å². The molecule has 4 heteroatoms. The highest BCUT2D eigenvalue weighted by molar-refractivity contribution is 5.89. The first-order chi connectivity index (χ1) is 13.2. The molecule has 0 aromatic heterocycles. The summed E-state index contributed by atoms with van der Waals surface area (Å²) in [5, 5.41) is 0. The Balaban J connectivity index is 1.49. The zero-order valence-corrected chi connectivity index (χ0v) is 17.7. The molecule has 5 fully saturated rings. The van der Waals surface area contributed by atoms with E-state index in [0.717, 1.165) is 32.1 Å². The number of fused-ring (bicyclic) bond motifs is 7. The van der Waals surface area contributed by atoms with Crippen LogP contribution in [0.5, 0.6) is 0 Å². The second kappa shape index (κ2) is 5.92. The van der Waals surface area contributed by atoms with Crippen LogP contribution >= 0.6 is 0 Å². The molecule has 5 saturated carbocycles. The van der Waals surface area contributed by atoms with E-state index in [1.807, 2.05) is 0 Å². The Bertz CT molecular complexity index is 743. The maximum absolute atomic E-state index is 12.8. The molecule has 0 bridgehead atoms. The van der Waals surface area contributed by atoms with Gasteiger partial charge in [-0.1, -0.05) is 13.8 Å². The summed E-state index contributed by atoms with van der Waals surface area (Å²) in [5.74, 6) is 4.86. The van der Waals surface area contributed by atoms with Gasteiger partial charge in [0.2, 0.25) is 0 Å². The second-order valence-electron chi connectivity index (χ2n) is 11.0. The number of ketones is 2. The van der Waals surface area contributed by atoms with Gasteiger partial charge in [0.05, 0.1) is 0 Å². The highest BCUT2D eigenvalue weighted by atomic mass is 16.6. The van der Waals surface area contributed by atoms with E-state index in [1.165, 1.54) is 13.3 Å². The van der Waals surface area contributed by atoms with Gasteiger partial charge in [-0.25, -0.2) is 0 Å². The van der Waals surface area contributed by atoms with Crippen molar-refractivity contribution in [3.8, 4) is 0 Å². The van der Waals surface area contributed by atoms with Gasteiger partial charge in [-0.05, 0) is 86.9 Å². The number of hydrogen-bond acceptors (Lipinski definition) is 4. The number of ether oxygens (including phenoxy) is 1. The Labute approximate surface area is 168 Å². The monoisotopic (exact) mass is 386 g/mol. The molecule has 154 valence electrons. The molecule has 5 aliphatic carbocycles. The SMILES string of the molecule is CC(=O)O[C@]1(C(C)=O)CC[C@H]2[C@@H]3C[C@H](C)[C@@H]4CC(=O)[C@H]5C[C@H]5[C@@H]4[C@H]3CC[C@@]21C. The summed E-state index contributed by atoms with van der Waals surface area (Å²) in [7, 11) is 0. The minimum absolute atomic E-state index is 0.0263. The Hall–Kier alpha value is -1.19. The predicted molar refractivity (Wildman–Crippen MR) is 104 cm³/mol. The first-order valence-electron chi connectivity index (χ1n) is 11.4. The lowest BCUT2D eigenvalue weighted by molar-refractivity contribution is -0.189. The van der Waals surface area contributed by atoms with Gasteiger partial charge in [0.25, 0.3) is 0 Å². The van der Waals surface area contributed by atoms with E-state index < -0.39 is 5.60 Å². The third-order valence-corrected chi connectivity index (χ3v) is 10.0. The fourth-order valence-electron chi connectivity index (χ4n) is 8.86. The van der Waals surface area contributed by atoms with Gasteiger partial charge in [0, 0.05) is 24.7 Å². The van der Waals surface area contributed by atoms with Crippen molar-refractivity contribution in [2.24, 2.45) is 52.8 Å². The van der Waals surface area contributed by atoms with E-state index in [4.69, 9.17) is 4.74 Å².